The molecule has 0 bridgehead atoms. The minimum atomic E-state index is 0.0359. The molecule has 1 aromatic heterocycles. The number of imidazole rings is 1. The number of hydrogen-bond acceptors (Lipinski definition) is 2. The van der Waals surface area contributed by atoms with E-state index in [-0.39, 0.29) is 12.6 Å². The van der Waals surface area contributed by atoms with Crippen molar-refractivity contribution in [1.82, 2.24) is 9.55 Å². The van der Waals surface area contributed by atoms with E-state index in [4.69, 9.17) is 11.6 Å². The van der Waals surface area contributed by atoms with Gasteiger partial charge in [-0.3, -0.25) is 0 Å². The van der Waals surface area contributed by atoms with Crippen molar-refractivity contribution in [3.8, 4) is 11.4 Å². The Morgan fingerprint density at radius 1 is 1.32 bits per heavy atom. The second-order valence-corrected chi connectivity index (χ2v) is 5.51. The topological polar surface area (TPSA) is 38.0 Å². The summed E-state index contributed by atoms with van der Waals surface area (Å²) >= 11 is 6.23. The van der Waals surface area contributed by atoms with Crippen LogP contribution in [0.25, 0.3) is 11.4 Å². The Morgan fingerprint density at radius 3 is 2.68 bits per heavy atom. The Morgan fingerprint density at radius 2 is 2.05 bits per heavy atom. The molecule has 0 saturated heterocycles. The van der Waals surface area contributed by atoms with Crippen molar-refractivity contribution in [2.45, 2.75) is 26.3 Å². The van der Waals surface area contributed by atoms with Gasteiger partial charge in [-0.15, -0.1) is 0 Å². The van der Waals surface area contributed by atoms with Crippen molar-refractivity contribution >= 4 is 11.6 Å². The number of aliphatic hydroxyl groups excluding tert-OH is 1. The molecule has 0 saturated carbocycles. The highest BCUT2D eigenvalue weighted by Gasteiger charge is 2.17. The fourth-order valence-electron chi connectivity index (χ4n) is 2.28. The molecule has 0 unspecified atom stereocenters. The third-order valence-electron chi connectivity index (χ3n) is 3.13. The van der Waals surface area contributed by atoms with E-state index in [1.165, 1.54) is 0 Å². The highest BCUT2D eigenvalue weighted by molar-refractivity contribution is 6.33. The number of hydrogen-bond donors (Lipinski definition) is 1. The molecule has 0 aliphatic heterocycles. The van der Waals surface area contributed by atoms with Crippen LogP contribution in [0.2, 0.25) is 5.02 Å². The summed E-state index contributed by atoms with van der Waals surface area (Å²) in [7, 11) is 0. The van der Waals surface area contributed by atoms with E-state index >= 15 is 0 Å². The van der Waals surface area contributed by atoms with Gasteiger partial charge in [0.15, 0.2) is 0 Å². The van der Waals surface area contributed by atoms with Crippen LogP contribution >= 0.6 is 11.6 Å². The zero-order valence-corrected chi connectivity index (χ0v) is 12.0. The SMILES string of the molecule is CC(C)C[C@@H](CO)n1ccnc1-c1ccccc1Cl. The van der Waals surface area contributed by atoms with Crippen molar-refractivity contribution in [2.75, 3.05) is 6.61 Å². The molecule has 1 heterocycles. The second-order valence-electron chi connectivity index (χ2n) is 5.10. The van der Waals surface area contributed by atoms with Crippen LogP contribution in [-0.4, -0.2) is 21.3 Å². The van der Waals surface area contributed by atoms with Gasteiger partial charge in [0, 0.05) is 18.0 Å². The predicted octanol–water partition coefficient (Wildman–Crippen LogP) is 3.78. The molecule has 1 atom stereocenters. The van der Waals surface area contributed by atoms with Gasteiger partial charge in [0.25, 0.3) is 0 Å². The third-order valence-corrected chi connectivity index (χ3v) is 3.46. The fourth-order valence-corrected chi connectivity index (χ4v) is 2.50. The molecular formula is C15H19ClN2O. The van der Waals surface area contributed by atoms with Crippen molar-refractivity contribution in [3.63, 3.8) is 0 Å². The molecule has 1 N–H and O–H groups in total. The Bertz CT molecular complexity index is 536. The van der Waals surface area contributed by atoms with Gasteiger partial charge in [0.05, 0.1) is 17.7 Å². The first kappa shape index (κ1) is 14.1. The first-order chi connectivity index (χ1) is 9.13. The maximum Gasteiger partial charge on any atom is 0.141 e. The van der Waals surface area contributed by atoms with Gasteiger partial charge in [-0.2, -0.15) is 0 Å². The number of halogens is 1. The van der Waals surface area contributed by atoms with Crippen LogP contribution in [0.3, 0.4) is 0 Å². The highest BCUT2D eigenvalue weighted by atomic mass is 35.5. The van der Waals surface area contributed by atoms with Crippen molar-refractivity contribution in [3.05, 3.63) is 41.7 Å². The number of rotatable bonds is 5. The number of benzene rings is 1. The van der Waals surface area contributed by atoms with E-state index in [1.807, 2.05) is 35.0 Å². The summed E-state index contributed by atoms with van der Waals surface area (Å²) in [5, 5.41) is 10.3. The molecule has 4 heteroatoms. The number of aliphatic hydroxyl groups is 1. The van der Waals surface area contributed by atoms with Crippen LogP contribution in [-0.2, 0) is 0 Å². The lowest BCUT2D eigenvalue weighted by Gasteiger charge is -2.20. The Hall–Kier alpha value is -1.32. The molecule has 0 aliphatic carbocycles. The molecule has 0 spiro atoms. The molecular weight excluding hydrogens is 260 g/mol. The van der Waals surface area contributed by atoms with E-state index in [0.717, 1.165) is 17.8 Å². The molecule has 1 aromatic carbocycles. The van der Waals surface area contributed by atoms with Gasteiger partial charge < -0.3 is 9.67 Å². The Labute approximate surface area is 118 Å². The summed E-state index contributed by atoms with van der Waals surface area (Å²) in [6.45, 7) is 4.40. The molecule has 2 aromatic rings. The lowest BCUT2D eigenvalue weighted by Crippen LogP contribution is -2.16. The molecule has 0 amide bonds. The maximum absolute atomic E-state index is 9.61. The predicted molar refractivity (Wildman–Crippen MR) is 78.3 cm³/mol. The van der Waals surface area contributed by atoms with Crippen LogP contribution in [0.15, 0.2) is 36.7 Å². The largest absolute Gasteiger partial charge is 0.394 e. The van der Waals surface area contributed by atoms with E-state index in [0.29, 0.717) is 10.9 Å². The fraction of sp³-hybridized carbons (Fsp3) is 0.400. The number of aromatic nitrogens is 2. The van der Waals surface area contributed by atoms with Crippen LogP contribution in [0.1, 0.15) is 26.3 Å². The van der Waals surface area contributed by atoms with Crippen molar-refractivity contribution < 1.29 is 5.11 Å². The molecule has 0 aliphatic rings. The average Bonchev–Trinajstić information content (AvgIpc) is 2.85. The lowest BCUT2D eigenvalue weighted by molar-refractivity contribution is 0.209. The Balaban J connectivity index is 2.39. The van der Waals surface area contributed by atoms with Gasteiger partial charge in [0.1, 0.15) is 5.82 Å². The first-order valence-corrected chi connectivity index (χ1v) is 6.90. The number of nitrogens with zero attached hydrogens (tertiary/aromatic N) is 2. The normalized spacial score (nSPS) is 12.9. The quantitative estimate of drug-likeness (QED) is 0.904. The Kier molecular flexibility index (Phi) is 4.61. The minimum absolute atomic E-state index is 0.0359. The van der Waals surface area contributed by atoms with E-state index in [2.05, 4.69) is 18.8 Å². The minimum Gasteiger partial charge on any atom is -0.394 e. The monoisotopic (exact) mass is 278 g/mol. The lowest BCUT2D eigenvalue weighted by atomic mass is 10.0. The summed E-state index contributed by atoms with van der Waals surface area (Å²) in [5.41, 5.74) is 0.899. The van der Waals surface area contributed by atoms with Crippen molar-refractivity contribution in [1.29, 1.82) is 0 Å². The maximum atomic E-state index is 9.61. The van der Waals surface area contributed by atoms with Gasteiger partial charge in [-0.05, 0) is 24.5 Å². The molecule has 102 valence electrons. The van der Waals surface area contributed by atoms with Crippen LogP contribution < -0.4 is 0 Å². The van der Waals surface area contributed by atoms with Gasteiger partial charge >= 0.3 is 0 Å². The zero-order valence-electron chi connectivity index (χ0n) is 11.3. The molecule has 0 fully saturated rings. The highest BCUT2D eigenvalue weighted by Crippen LogP contribution is 2.29. The van der Waals surface area contributed by atoms with Gasteiger partial charge in [-0.1, -0.05) is 37.6 Å². The zero-order chi connectivity index (χ0) is 13.8. The first-order valence-electron chi connectivity index (χ1n) is 6.52. The summed E-state index contributed by atoms with van der Waals surface area (Å²) < 4.78 is 2.02. The molecule has 0 radical (unpaired) electrons. The van der Waals surface area contributed by atoms with E-state index in [1.54, 1.807) is 6.20 Å². The standard InChI is InChI=1S/C15H19ClN2O/c1-11(2)9-12(10-19)18-8-7-17-15(18)13-5-3-4-6-14(13)16/h3-8,11-12,19H,9-10H2,1-2H3/t12-/m0/s1. The van der Waals surface area contributed by atoms with Gasteiger partial charge in [-0.25, -0.2) is 4.98 Å². The summed E-state index contributed by atoms with van der Waals surface area (Å²) in [4.78, 5) is 4.39. The second kappa shape index (κ2) is 6.22. The average molecular weight is 279 g/mol. The van der Waals surface area contributed by atoms with Crippen LogP contribution in [0.4, 0.5) is 0 Å². The summed E-state index contributed by atoms with van der Waals surface area (Å²) in [5.74, 6) is 1.32. The van der Waals surface area contributed by atoms with Crippen LogP contribution in [0, 0.1) is 5.92 Å². The summed E-state index contributed by atoms with van der Waals surface area (Å²) in [6, 6.07) is 7.68. The smallest absolute Gasteiger partial charge is 0.141 e. The van der Waals surface area contributed by atoms with E-state index < -0.39 is 0 Å². The van der Waals surface area contributed by atoms with E-state index in [9.17, 15) is 5.11 Å². The molecule has 3 nitrogen and oxygen atoms in total. The molecule has 2 rings (SSSR count). The summed E-state index contributed by atoms with van der Waals surface area (Å²) in [6.07, 6.45) is 4.56. The van der Waals surface area contributed by atoms with Crippen molar-refractivity contribution in [2.24, 2.45) is 5.92 Å². The van der Waals surface area contributed by atoms with Crippen LogP contribution in [0.5, 0.6) is 0 Å². The molecule has 19 heavy (non-hydrogen) atoms. The third kappa shape index (κ3) is 3.17. The van der Waals surface area contributed by atoms with Gasteiger partial charge in [0.2, 0.25) is 0 Å².